The fraction of sp³-hybridized carbons (Fsp3) is 0.615. The molecule has 0 aliphatic carbocycles. The van der Waals surface area contributed by atoms with E-state index < -0.39 is 12.1 Å². The SMILES string of the molecule is C=C(O)[C@H](CCSC)NC(=O)CC(O)/C=C/CCS. The molecule has 0 aromatic carbocycles. The summed E-state index contributed by atoms with van der Waals surface area (Å²) in [6.07, 6.45) is 5.87. The molecule has 0 aromatic rings. The molecular formula is C13H23NO3S2. The summed E-state index contributed by atoms with van der Waals surface area (Å²) < 4.78 is 0. The van der Waals surface area contributed by atoms with Gasteiger partial charge in [0.2, 0.25) is 5.91 Å². The molecule has 0 heterocycles. The first-order valence-corrected chi connectivity index (χ1v) is 8.15. The average Bonchev–Trinajstić information content (AvgIpc) is 2.34. The molecule has 0 aromatic heterocycles. The summed E-state index contributed by atoms with van der Waals surface area (Å²) in [4.78, 5) is 11.7. The van der Waals surface area contributed by atoms with Gasteiger partial charge in [0.05, 0.1) is 18.6 Å². The van der Waals surface area contributed by atoms with Crippen LogP contribution in [0.5, 0.6) is 0 Å². The van der Waals surface area contributed by atoms with E-state index in [9.17, 15) is 15.0 Å². The highest BCUT2D eigenvalue weighted by Crippen LogP contribution is 2.07. The Hall–Kier alpha value is -0.590. The molecule has 0 aliphatic heterocycles. The van der Waals surface area contributed by atoms with Crippen molar-refractivity contribution in [2.75, 3.05) is 17.8 Å². The Labute approximate surface area is 124 Å². The highest BCUT2D eigenvalue weighted by Gasteiger charge is 2.16. The van der Waals surface area contributed by atoms with Crippen molar-refractivity contribution in [3.8, 4) is 0 Å². The van der Waals surface area contributed by atoms with Crippen LogP contribution in [0.25, 0.3) is 0 Å². The van der Waals surface area contributed by atoms with Crippen molar-refractivity contribution < 1.29 is 15.0 Å². The van der Waals surface area contributed by atoms with Gasteiger partial charge in [-0.05, 0) is 30.6 Å². The number of aliphatic hydroxyl groups excluding tert-OH is 2. The van der Waals surface area contributed by atoms with Gasteiger partial charge in [0.1, 0.15) is 5.76 Å². The van der Waals surface area contributed by atoms with Gasteiger partial charge in [0.15, 0.2) is 0 Å². The van der Waals surface area contributed by atoms with Gasteiger partial charge in [0.25, 0.3) is 0 Å². The maximum absolute atomic E-state index is 11.7. The minimum atomic E-state index is -0.812. The Balaban J connectivity index is 4.14. The molecule has 0 fully saturated rings. The maximum Gasteiger partial charge on any atom is 0.223 e. The first kappa shape index (κ1) is 18.4. The lowest BCUT2D eigenvalue weighted by Gasteiger charge is -2.17. The van der Waals surface area contributed by atoms with Crippen molar-refractivity contribution in [2.24, 2.45) is 0 Å². The molecule has 0 aliphatic rings. The van der Waals surface area contributed by atoms with Crippen LogP contribution in [-0.2, 0) is 4.79 Å². The molecule has 0 saturated carbocycles. The van der Waals surface area contributed by atoms with Crippen LogP contribution in [0.4, 0.5) is 0 Å². The van der Waals surface area contributed by atoms with Crippen molar-refractivity contribution in [3.63, 3.8) is 0 Å². The molecule has 19 heavy (non-hydrogen) atoms. The van der Waals surface area contributed by atoms with Gasteiger partial charge in [-0.25, -0.2) is 0 Å². The monoisotopic (exact) mass is 305 g/mol. The number of thiol groups is 1. The Kier molecular flexibility index (Phi) is 10.9. The third kappa shape index (κ3) is 9.92. The molecule has 1 unspecified atom stereocenters. The molecule has 6 heteroatoms. The lowest BCUT2D eigenvalue weighted by Crippen LogP contribution is -2.37. The second-order valence-corrected chi connectivity index (χ2v) is 5.54. The Morgan fingerprint density at radius 3 is 2.79 bits per heavy atom. The third-order valence-corrected chi connectivity index (χ3v) is 3.30. The van der Waals surface area contributed by atoms with E-state index in [0.29, 0.717) is 12.2 Å². The number of hydrogen-bond donors (Lipinski definition) is 4. The Morgan fingerprint density at radius 1 is 1.58 bits per heavy atom. The minimum Gasteiger partial charge on any atom is -0.511 e. The first-order chi connectivity index (χ1) is 9.01. The number of nitrogens with one attached hydrogen (secondary N) is 1. The number of amides is 1. The summed E-state index contributed by atoms with van der Waals surface area (Å²) in [7, 11) is 0. The van der Waals surface area contributed by atoms with E-state index in [1.54, 1.807) is 23.9 Å². The van der Waals surface area contributed by atoms with E-state index >= 15 is 0 Å². The van der Waals surface area contributed by atoms with E-state index in [1.165, 1.54) is 0 Å². The zero-order valence-corrected chi connectivity index (χ0v) is 12.9. The minimum absolute atomic E-state index is 0.0217. The van der Waals surface area contributed by atoms with Crippen LogP contribution in [0.15, 0.2) is 24.5 Å². The molecule has 110 valence electrons. The number of carbonyl (C=O) groups excluding carboxylic acids is 1. The van der Waals surface area contributed by atoms with Gasteiger partial charge in [-0.1, -0.05) is 18.7 Å². The summed E-state index contributed by atoms with van der Waals surface area (Å²) in [6, 6.07) is -0.450. The summed E-state index contributed by atoms with van der Waals surface area (Å²) in [5.41, 5.74) is 0. The second-order valence-electron chi connectivity index (χ2n) is 4.10. The molecular weight excluding hydrogens is 282 g/mol. The number of rotatable bonds is 10. The Bertz CT molecular complexity index is 308. The van der Waals surface area contributed by atoms with E-state index in [0.717, 1.165) is 12.2 Å². The topological polar surface area (TPSA) is 69.6 Å². The van der Waals surface area contributed by atoms with Gasteiger partial charge in [-0.15, -0.1) is 0 Å². The van der Waals surface area contributed by atoms with Crippen molar-refractivity contribution in [1.29, 1.82) is 0 Å². The highest BCUT2D eigenvalue weighted by atomic mass is 32.2. The fourth-order valence-corrected chi connectivity index (χ4v) is 2.02. The molecule has 0 radical (unpaired) electrons. The van der Waals surface area contributed by atoms with Crippen LogP contribution in [0.3, 0.4) is 0 Å². The highest BCUT2D eigenvalue weighted by molar-refractivity contribution is 7.98. The van der Waals surface area contributed by atoms with Crippen LogP contribution in [0.2, 0.25) is 0 Å². The number of hydrogen-bond acceptors (Lipinski definition) is 5. The number of carbonyl (C=O) groups is 1. The van der Waals surface area contributed by atoms with Crippen LogP contribution in [0, 0.1) is 0 Å². The lowest BCUT2D eigenvalue weighted by molar-refractivity contribution is -0.123. The molecule has 3 N–H and O–H groups in total. The third-order valence-electron chi connectivity index (χ3n) is 2.40. The molecule has 2 atom stereocenters. The van der Waals surface area contributed by atoms with Crippen molar-refractivity contribution in [1.82, 2.24) is 5.32 Å². The molecule has 0 bridgehead atoms. The van der Waals surface area contributed by atoms with Gasteiger partial charge < -0.3 is 15.5 Å². The van der Waals surface area contributed by atoms with E-state index in [-0.39, 0.29) is 18.1 Å². The fourth-order valence-electron chi connectivity index (χ4n) is 1.40. The van der Waals surface area contributed by atoms with Crippen molar-refractivity contribution in [2.45, 2.75) is 31.4 Å². The van der Waals surface area contributed by atoms with Gasteiger partial charge in [-0.2, -0.15) is 24.4 Å². The maximum atomic E-state index is 11.7. The zero-order chi connectivity index (χ0) is 14.7. The van der Waals surface area contributed by atoms with Crippen LogP contribution in [-0.4, -0.2) is 46.0 Å². The standard InChI is InChI=1S/C13H23NO3S2/c1-10(15)12(6-8-19-2)14-13(17)9-11(16)5-3-4-7-18/h3,5,11-12,15-16,18H,1,4,6-9H2,2H3,(H,14,17)/b5-3+/t11?,12-/m0/s1. The lowest BCUT2D eigenvalue weighted by atomic mass is 10.1. The van der Waals surface area contributed by atoms with Crippen molar-refractivity contribution in [3.05, 3.63) is 24.5 Å². The molecule has 0 rings (SSSR count). The van der Waals surface area contributed by atoms with Gasteiger partial charge >= 0.3 is 0 Å². The summed E-state index contributed by atoms with van der Waals surface area (Å²) in [5.74, 6) is 1.16. The van der Waals surface area contributed by atoms with Gasteiger partial charge in [0, 0.05) is 0 Å². The first-order valence-electron chi connectivity index (χ1n) is 6.12. The summed E-state index contributed by atoms with van der Waals surface area (Å²) in [5, 5.41) is 21.7. The van der Waals surface area contributed by atoms with E-state index in [2.05, 4.69) is 24.5 Å². The largest absolute Gasteiger partial charge is 0.511 e. The summed E-state index contributed by atoms with van der Waals surface area (Å²) >= 11 is 5.67. The van der Waals surface area contributed by atoms with Crippen molar-refractivity contribution >= 4 is 30.3 Å². The molecule has 1 amide bonds. The van der Waals surface area contributed by atoms with Crippen LogP contribution in [0.1, 0.15) is 19.3 Å². The predicted molar refractivity (Wildman–Crippen MR) is 84.9 cm³/mol. The Morgan fingerprint density at radius 2 is 2.26 bits per heavy atom. The number of aliphatic hydroxyl groups is 2. The smallest absolute Gasteiger partial charge is 0.223 e. The second kappa shape index (κ2) is 11.3. The predicted octanol–water partition coefficient (Wildman–Crippen LogP) is 1.92. The quantitative estimate of drug-likeness (QED) is 0.283. The normalized spacial score (nSPS) is 14.3. The molecule has 4 nitrogen and oxygen atoms in total. The van der Waals surface area contributed by atoms with E-state index in [4.69, 9.17) is 0 Å². The van der Waals surface area contributed by atoms with Crippen LogP contribution >= 0.6 is 24.4 Å². The average molecular weight is 305 g/mol. The van der Waals surface area contributed by atoms with Gasteiger partial charge in [-0.3, -0.25) is 4.79 Å². The van der Waals surface area contributed by atoms with E-state index in [1.807, 2.05) is 6.26 Å². The zero-order valence-electron chi connectivity index (χ0n) is 11.2. The molecule has 0 spiro atoms. The molecule has 0 saturated heterocycles. The number of allylic oxidation sites excluding steroid dienone is 1. The summed E-state index contributed by atoms with van der Waals surface area (Å²) in [6.45, 7) is 3.45. The van der Waals surface area contributed by atoms with Crippen LogP contribution < -0.4 is 5.32 Å². The number of thioether (sulfide) groups is 1.